The number of carbonyl (C=O) groups is 1. The van der Waals surface area contributed by atoms with E-state index in [0.717, 1.165) is 5.70 Å². The number of ether oxygens (including phenoxy) is 1. The van der Waals surface area contributed by atoms with Crippen LogP contribution in [0.2, 0.25) is 0 Å². The second-order valence-corrected chi connectivity index (χ2v) is 4.89. The van der Waals surface area contributed by atoms with Crippen molar-refractivity contribution in [1.29, 1.82) is 0 Å². The van der Waals surface area contributed by atoms with Gasteiger partial charge in [0.1, 0.15) is 0 Å². The van der Waals surface area contributed by atoms with E-state index >= 15 is 0 Å². The quantitative estimate of drug-likeness (QED) is 0.763. The highest BCUT2D eigenvalue weighted by Gasteiger charge is 2.37. The maximum Gasteiger partial charge on any atom is 0.337 e. The molecule has 0 saturated heterocycles. The van der Waals surface area contributed by atoms with E-state index in [1.165, 1.54) is 0 Å². The minimum Gasteiger partial charge on any atom is -0.463 e. The highest BCUT2D eigenvalue weighted by atomic mass is 16.5. The SMILES string of the molecule is CCOC(=O)C1=C(C)N(C)c2nnnn2C1C(C)C. The number of carbonyl (C=O) groups excluding carboxylic acids is 1. The van der Waals surface area contributed by atoms with E-state index in [1.807, 2.05) is 32.7 Å². The molecule has 1 unspecified atom stereocenters. The van der Waals surface area contributed by atoms with Crippen LogP contribution in [0.15, 0.2) is 11.3 Å². The molecule has 19 heavy (non-hydrogen) atoms. The summed E-state index contributed by atoms with van der Waals surface area (Å²) in [5, 5.41) is 11.7. The molecule has 0 amide bonds. The molecule has 0 spiro atoms. The van der Waals surface area contributed by atoms with Gasteiger partial charge in [0.05, 0.1) is 18.2 Å². The van der Waals surface area contributed by atoms with E-state index in [0.29, 0.717) is 18.1 Å². The fourth-order valence-corrected chi connectivity index (χ4v) is 2.35. The molecule has 0 aromatic carbocycles. The number of anilines is 1. The third-order valence-corrected chi connectivity index (χ3v) is 3.35. The molecule has 0 N–H and O–H groups in total. The van der Waals surface area contributed by atoms with Gasteiger partial charge in [-0.05, 0) is 30.2 Å². The third kappa shape index (κ3) is 2.09. The van der Waals surface area contributed by atoms with E-state index in [9.17, 15) is 4.79 Å². The standard InChI is InChI=1S/C12H19N5O2/c1-6-19-11(18)9-8(4)16(5)12-13-14-15-17(12)10(9)7(2)3/h7,10H,6H2,1-5H3. The van der Waals surface area contributed by atoms with Crippen LogP contribution in [0.5, 0.6) is 0 Å². The van der Waals surface area contributed by atoms with Crippen LogP contribution in [0.4, 0.5) is 5.95 Å². The highest BCUT2D eigenvalue weighted by molar-refractivity contribution is 5.91. The van der Waals surface area contributed by atoms with Crippen molar-refractivity contribution in [1.82, 2.24) is 20.2 Å². The van der Waals surface area contributed by atoms with Gasteiger partial charge in [-0.2, -0.15) is 0 Å². The number of nitrogens with zero attached hydrogens (tertiary/aromatic N) is 5. The fraction of sp³-hybridized carbons (Fsp3) is 0.667. The number of tetrazole rings is 1. The van der Waals surface area contributed by atoms with Crippen LogP contribution < -0.4 is 4.90 Å². The summed E-state index contributed by atoms with van der Waals surface area (Å²) in [6.07, 6.45) is 0. The predicted octanol–water partition coefficient (Wildman–Crippen LogP) is 1.16. The molecule has 104 valence electrons. The third-order valence-electron chi connectivity index (χ3n) is 3.35. The van der Waals surface area contributed by atoms with Crippen LogP contribution >= 0.6 is 0 Å². The molecule has 2 heterocycles. The molecule has 0 saturated carbocycles. The minimum atomic E-state index is -0.299. The zero-order valence-corrected chi connectivity index (χ0v) is 11.9. The summed E-state index contributed by atoms with van der Waals surface area (Å²) in [4.78, 5) is 14.0. The van der Waals surface area contributed by atoms with Gasteiger partial charge in [0.25, 0.3) is 0 Å². The molecule has 1 aromatic rings. The number of esters is 1. The maximum absolute atomic E-state index is 12.2. The molecule has 0 radical (unpaired) electrons. The number of fused-ring (bicyclic) bond motifs is 1. The summed E-state index contributed by atoms with van der Waals surface area (Å²) in [5.41, 5.74) is 1.46. The van der Waals surface area contributed by atoms with Crippen molar-refractivity contribution in [2.24, 2.45) is 5.92 Å². The second kappa shape index (κ2) is 4.99. The highest BCUT2D eigenvalue weighted by Crippen LogP contribution is 2.37. The molecule has 0 fully saturated rings. The lowest BCUT2D eigenvalue weighted by molar-refractivity contribution is -0.139. The van der Waals surface area contributed by atoms with Crippen molar-refractivity contribution >= 4 is 11.9 Å². The van der Waals surface area contributed by atoms with Crippen LogP contribution in [-0.4, -0.2) is 39.8 Å². The largest absolute Gasteiger partial charge is 0.463 e. The van der Waals surface area contributed by atoms with E-state index in [1.54, 1.807) is 11.6 Å². The minimum absolute atomic E-state index is 0.185. The van der Waals surface area contributed by atoms with Gasteiger partial charge in [-0.3, -0.25) is 0 Å². The lowest BCUT2D eigenvalue weighted by Gasteiger charge is -2.33. The van der Waals surface area contributed by atoms with Crippen molar-refractivity contribution in [2.45, 2.75) is 33.7 Å². The van der Waals surface area contributed by atoms with Crippen molar-refractivity contribution in [3.05, 3.63) is 11.3 Å². The van der Waals surface area contributed by atoms with Crippen molar-refractivity contribution in [3.63, 3.8) is 0 Å². The molecule has 1 aliphatic heterocycles. The van der Waals surface area contributed by atoms with Gasteiger partial charge >= 0.3 is 5.97 Å². The zero-order chi connectivity index (χ0) is 14.2. The number of allylic oxidation sites excluding steroid dienone is 1. The number of aromatic nitrogens is 4. The summed E-state index contributed by atoms with van der Waals surface area (Å²) < 4.78 is 6.85. The number of rotatable bonds is 3. The monoisotopic (exact) mass is 265 g/mol. The Bertz CT molecular complexity index is 520. The first-order valence-corrected chi connectivity index (χ1v) is 6.38. The summed E-state index contributed by atoms with van der Waals surface area (Å²) in [7, 11) is 1.84. The Kier molecular flexibility index (Phi) is 3.55. The van der Waals surface area contributed by atoms with Gasteiger partial charge in [-0.25, -0.2) is 9.48 Å². The molecule has 7 heteroatoms. The Morgan fingerprint density at radius 1 is 1.47 bits per heavy atom. The zero-order valence-electron chi connectivity index (χ0n) is 11.9. The van der Waals surface area contributed by atoms with E-state index < -0.39 is 0 Å². The van der Waals surface area contributed by atoms with E-state index in [4.69, 9.17) is 4.74 Å². The molecular formula is C12H19N5O2. The Labute approximate surface area is 112 Å². The van der Waals surface area contributed by atoms with Crippen LogP contribution in [0.3, 0.4) is 0 Å². The second-order valence-electron chi connectivity index (χ2n) is 4.89. The lowest BCUT2D eigenvalue weighted by atomic mass is 9.93. The Morgan fingerprint density at radius 2 is 2.16 bits per heavy atom. The average Bonchev–Trinajstić information content (AvgIpc) is 2.82. The molecule has 1 atom stereocenters. The molecule has 0 aliphatic carbocycles. The number of hydrogen-bond acceptors (Lipinski definition) is 6. The molecule has 7 nitrogen and oxygen atoms in total. The van der Waals surface area contributed by atoms with Gasteiger partial charge in [-0.15, -0.1) is 0 Å². The van der Waals surface area contributed by atoms with E-state index in [-0.39, 0.29) is 17.9 Å². The Balaban J connectivity index is 2.54. The summed E-state index contributed by atoms with van der Waals surface area (Å²) in [6, 6.07) is -0.194. The fourth-order valence-electron chi connectivity index (χ4n) is 2.35. The van der Waals surface area contributed by atoms with Crippen LogP contribution in [0, 0.1) is 5.92 Å². The molecule has 2 rings (SSSR count). The normalized spacial score (nSPS) is 18.8. The van der Waals surface area contributed by atoms with Crippen LogP contribution in [0.25, 0.3) is 0 Å². The summed E-state index contributed by atoms with van der Waals surface area (Å²) >= 11 is 0. The molecular weight excluding hydrogens is 246 g/mol. The van der Waals surface area contributed by atoms with Gasteiger partial charge in [0, 0.05) is 12.7 Å². The smallest absolute Gasteiger partial charge is 0.337 e. The van der Waals surface area contributed by atoms with E-state index in [2.05, 4.69) is 15.5 Å². The topological polar surface area (TPSA) is 73.1 Å². The van der Waals surface area contributed by atoms with Crippen LogP contribution in [0.1, 0.15) is 33.7 Å². The molecule has 1 aromatic heterocycles. The van der Waals surface area contributed by atoms with Crippen molar-refractivity contribution in [3.8, 4) is 0 Å². The summed E-state index contributed by atoms with van der Waals surface area (Å²) in [5.74, 6) is 0.529. The molecule has 1 aliphatic rings. The summed E-state index contributed by atoms with van der Waals surface area (Å²) in [6.45, 7) is 8.11. The van der Waals surface area contributed by atoms with Gasteiger partial charge in [-0.1, -0.05) is 18.9 Å². The van der Waals surface area contributed by atoms with Crippen molar-refractivity contribution in [2.75, 3.05) is 18.6 Å². The van der Waals surface area contributed by atoms with Gasteiger partial charge in [0.2, 0.25) is 5.95 Å². The van der Waals surface area contributed by atoms with Crippen LogP contribution in [-0.2, 0) is 9.53 Å². The Hall–Kier alpha value is -1.92. The predicted molar refractivity (Wildman–Crippen MR) is 69.4 cm³/mol. The first-order chi connectivity index (χ1) is 8.99. The number of hydrogen-bond donors (Lipinski definition) is 0. The Morgan fingerprint density at radius 3 is 2.74 bits per heavy atom. The average molecular weight is 265 g/mol. The van der Waals surface area contributed by atoms with Gasteiger partial charge < -0.3 is 9.64 Å². The molecule has 0 bridgehead atoms. The lowest BCUT2D eigenvalue weighted by Crippen LogP contribution is -2.36. The van der Waals surface area contributed by atoms with Gasteiger partial charge in [0.15, 0.2) is 0 Å². The maximum atomic E-state index is 12.2. The first-order valence-electron chi connectivity index (χ1n) is 6.38. The van der Waals surface area contributed by atoms with Crippen molar-refractivity contribution < 1.29 is 9.53 Å². The first kappa shape index (κ1) is 13.5.